The van der Waals surface area contributed by atoms with Gasteiger partial charge in [0.25, 0.3) is 0 Å². The number of thiazole rings is 1. The number of carbonyl (C=O) groups excluding carboxylic acids is 2. The van der Waals surface area contributed by atoms with Gasteiger partial charge in [-0.15, -0.1) is 11.3 Å². The van der Waals surface area contributed by atoms with Gasteiger partial charge in [-0.3, -0.25) is 19.6 Å². The van der Waals surface area contributed by atoms with Gasteiger partial charge in [-0.1, -0.05) is 16.8 Å². The van der Waals surface area contributed by atoms with Gasteiger partial charge in [0.05, 0.1) is 17.0 Å². The molecule has 0 aliphatic carbocycles. The zero-order valence-electron chi connectivity index (χ0n) is 18.2. The van der Waals surface area contributed by atoms with Crippen LogP contribution in [-0.2, 0) is 24.7 Å². The number of ether oxygens (including phenoxy) is 1. The van der Waals surface area contributed by atoms with Crippen LogP contribution in [0.4, 0.5) is 5.13 Å². The van der Waals surface area contributed by atoms with Crippen molar-refractivity contribution in [2.24, 2.45) is 16.8 Å². The van der Waals surface area contributed by atoms with Crippen LogP contribution in [0.3, 0.4) is 0 Å². The van der Waals surface area contributed by atoms with E-state index < -0.39 is 34.0 Å². The van der Waals surface area contributed by atoms with Crippen molar-refractivity contribution in [3.63, 3.8) is 0 Å². The fraction of sp³-hybridized carbons (Fsp3) is 0.316. The van der Waals surface area contributed by atoms with Gasteiger partial charge in [-0.2, -0.15) is 8.42 Å². The first-order chi connectivity index (χ1) is 16.4. The number of rotatable bonds is 11. The lowest BCUT2D eigenvalue weighted by atomic mass is 9.86. The molecule has 2 aromatic rings. The molecule has 0 bridgehead atoms. The molecule has 2 atom stereocenters. The van der Waals surface area contributed by atoms with Crippen LogP contribution in [0.1, 0.15) is 24.6 Å². The zero-order chi connectivity index (χ0) is 25.9. The number of amides is 1. The van der Waals surface area contributed by atoms with Crippen molar-refractivity contribution in [2.45, 2.75) is 19.4 Å². The van der Waals surface area contributed by atoms with Gasteiger partial charge in [0, 0.05) is 17.4 Å². The minimum atomic E-state index is -4.71. The van der Waals surface area contributed by atoms with Gasteiger partial charge in [0.1, 0.15) is 23.9 Å². The van der Waals surface area contributed by atoms with Gasteiger partial charge in [-0.25, -0.2) is 9.29 Å². The molecule has 2 heterocycles. The molecule has 0 saturated carbocycles. The number of nitrogen functional groups attached to an aromatic ring is 2. The number of nitrogens with two attached hydrogens (primary N) is 2. The van der Waals surface area contributed by atoms with E-state index in [0.29, 0.717) is 15.6 Å². The summed E-state index contributed by atoms with van der Waals surface area (Å²) in [4.78, 5) is 34.2. The Kier molecular flexibility index (Phi) is 7.94. The van der Waals surface area contributed by atoms with E-state index in [-0.39, 0.29) is 47.0 Å². The van der Waals surface area contributed by atoms with Crippen LogP contribution in [0.25, 0.3) is 0 Å². The van der Waals surface area contributed by atoms with Crippen LogP contribution in [0.2, 0.25) is 5.02 Å². The molecule has 1 fully saturated rings. The molecule has 1 aromatic heterocycles. The maximum Gasteiger partial charge on any atom is 0.362 e. The molecule has 1 saturated heterocycles. The fourth-order valence-corrected chi connectivity index (χ4v) is 4.96. The standard InChI is InChI=1S/C19H21ClN6O7S2/c1-9-11(18(28)26(9)35(29,30)31)7-14(27)16(13-8-34-19(23)24-13)25-33-5-4-32-15-3-2-10(17(21)22)6-12(15)20/h2-3,6,8-9,11H,4-5,7H2,1H3,(H3,21,22)(H2,23,24)(H,29,30,31)/b25-16-/t9-,11-/m0/s1. The number of oxime groups is 1. The number of halogens is 1. The second-order valence-corrected chi connectivity index (χ2v) is 9.92. The first-order valence-electron chi connectivity index (χ1n) is 9.92. The first kappa shape index (κ1) is 26.3. The van der Waals surface area contributed by atoms with Crippen LogP contribution >= 0.6 is 22.9 Å². The van der Waals surface area contributed by atoms with E-state index in [4.69, 9.17) is 42.6 Å². The topological polar surface area (TPSA) is 211 Å². The van der Waals surface area contributed by atoms with Crippen molar-refractivity contribution in [3.8, 4) is 5.75 Å². The second kappa shape index (κ2) is 10.6. The molecule has 6 N–H and O–H groups in total. The number of Topliss-reactive ketones (excluding diaryl/α,β-unsaturated/α-hetero) is 1. The Labute approximate surface area is 209 Å². The van der Waals surface area contributed by atoms with E-state index in [1.165, 1.54) is 18.4 Å². The molecular weight excluding hydrogens is 524 g/mol. The van der Waals surface area contributed by atoms with Gasteiger partial charge in [-0.05, 0) is 25.1 Å². The predicted molar refractivity (Wildman–Crippen MR) is 128 cm³/mol. The maximum absolute atomic E-state index is 12.9. The number of aromatic nitrogens is 1. The van der Waals surface area contributed by atoms with Crippen LogP contribution in [0, 0.1) is 11.3 Å². The summed E-state index contributed by atoms with van der Waals surface area (Å²) < 4.78 is 37.5. The molecule has 35 heavy (non-hydrogen) atoms. The summed E-state index contributed by atoms with van der Waals surface area (Å²) in [5, 5.41) is 13.1. The highest BCUT2D eigenvalue weighted by atomic mass is 35.5. The number of nitrogens with zero attached hydrogens (tertiary/aromatic N) is 3. The van der Waals surface area contributed by atoms with Crippen LogP contribution in [-0.4, -0.2) is 64.8 Å². The Morgan fingerprint density at radius 3 is 2.66 bits per heavy atom. The normalized spacial score (nSPS) is 18.2. The van der Waals surface area contributed by atoms with Gasteiger partial charge < -0.3 is 21.0 Å². The molecule has 0 spiro atoms. The summed E-state index contributed by atoms with van der Waals surface area (Å²) in [5.74, 6) is -2.30. The molecule has 0 radical (unpaired) electrons. The summed E-state index contributed by atoms with van der Waals surface area (Å²) in [6.07, 6.45) is -0.375. The van der Waals surface area contributed by atoms with Crippen LogP contribution < -0.4 is 16.2 Å². The van der Waals surface area contributed by atoms with Crippen molar-refractivity contribution >= 4 is 61.6 Å². The average molecular weight is 545 g/mol. The van der Waals surface area contributed by atoms with E-state index >= 15 is 0 Å². The number of carbonyl (C=O) groups is 2. The molecule has 16 heteroatoms. The van der Waals surface area contributed by atoms with E-state index in [2.05, 4.69) is 10.1 Å². The van der Waals surface area contributed by atoms with E-state index in [1.54, 1.807) is 12.1 Å². The molecule has 188 valence electrons. The number of anilines is 1. The van der Waals surface area contributed by atoms with Gasteiger partial charge in [0.2, 0.25) is 5.91 Å². The van der Waals surface area contributed by atoms with Crippen molar-refractivity contribution in [3.05, 3.63) is 39.9 Å². The Hall–Kier alpha value is -3.27. The van der Waals surface area contributed by atoms with E-state index in [9.17, 15) is 18.0 Å². The number of nitrogens with one attached hydrogen (secondary N) is 1. The third kappa shape index (κ3) is 6.05. The number of benzene rings is 1. The van der Waals surface area contributed by atoms with Crippen molar-refractivity contribution in [1.29, 1.82) is 5.41 Å². The van der Waals surface area contributed by atoms with E-state index in [1.807, 2.05) is 0 Å². The maximum atomic E-state index is 12.9. The summed E-state index contributed by atoms with van der Waals surface area (Å²) in [6, 6.07) is 3.68. The summed E-state index contributed by atoms with van der Waals surface area (Å²) in [5.41, 5.74) is 11.4. The minimum absolute atomic E-state index is 0.00474. The minimum Gasteiger partial charge on any atom is -0.488 e. The van der Waals surface area contributed by atoms with Crippen molar-refractivity contribution in [1.82, 2.24) is 9.29 Å². The fourth-order valence-electron chi connectivity index (χ4n) is 3.25. The summed E-state index contributed by atoms with van der Waals surface area (Å²) in [6.45, 7) is 1.31. The zero-order valence-corrected chi connectivity index (χ0v) is 20.6. The van der Waals surface area contributed by atoms with Gasteiger partial charge in [0.15, 0.2) is 23.2 Å². The highest BCUT2D eigenvalue weighted by molar-refractivity contribution is 7.84. The van der Waals surface area contributed by atoms with E-state index in [0.717, 1.165) is 11.3 Å². The largest absolute Gasteiger partial charge is 0.488 e. The van der Waals surface area contributed by atoms with Crippen LogP contribution in [0.15, 0.2) is 28.7 Å². The molecule has 1 aliphatic rings. The molecule has 1 amide bonds. The smallest absolute Gasteiger partial charge is 0.362 e. The quantitative estimate of drug-likeness (QED) is 0.0788. The SMILES string of the molecule is C[C@H]1[C@H](CC(=O)/C(=N\OCCOc2ccc(C(=N)N)cc2Cl)c2csc(N)n2)C(=O)N1S(=O)(=O)O. The predicted octanol–water partition coefficient (Wildman–Crippen LogP) is 1.07. The third-order valence-corrected chi connectivity index (χ3v) is 6.98. The molecule has 0 unspecified atom stereocenters. The Bertz CT molecular complexity index is 1300. The lowest BCUT2D eigenvalue weighted by Gasteiger charge is -2.41. The Balaban J connectivity index is 1.64. The number of hydrogen-bond donors (Lipinski definition) is 4. The van der Waals surface area contributed by atoms with Crippen molar-refractivity contribution in [2.75, 3.05) is 18.9 Å². The number of β-lactam (4-membered cyclic amide) rings is 1. The van der Waals surface area contributed by atoms with Crippen LogP contribution in [0.5, 0.6) is 5.75 Å². The Morgan fingerprint density at radius 1 is 1.40 bits per heavy atom. The summed E-state index contributed by atoms with van der Waals surface area (Å²) >= 11 is 7.16. The third-order valence-electron chi connectivity index (χ3n) is 5.00. The number of hydrogen-bond acceptors (Lipinski definition) is 11. The molecule has 3 rings (SSSR count). The lowest BCUT2D eigenvalue weighted by Crippen LogP contribution is -2.62. The second-order valence-electron chi connectivity index (χ2n) is 7.34. The molecule has 1 aromatic carbocycles. The average Bonchev–Trinajstić information content (AvgIpc) is 3.20. The highest BCUT2D eigenvalue weighted by Gasteiger charge is 2.51. The first-order valence-corrected chi connectivity index (χ1v) is 12.6. The Morgan fingerprint density at radius 2 is 2.11 bits per heavy atom. The lowest BCUT2D eigenvalue weighted by molar-refractivity contribution is -0.147. The number of amidine groups is 1. The number of ketones is 1. The molecule has 1 aliphatic heterocycles. The molecule has 13 nitrogen and oxygen atoms in total. The highest BCUT2D eigenvalue weighted by Crippen LogP contribution is 2.32. The van der Waals surface area contributed by atoms with Gasteiger partial charge >= 0.3 is 10.3 Å². The van der Waals surface area contributed by atoms with Crippen molar-refractivity contribution < 1.29 is 32.1 Å². The molecular formula is C19H21ClN6O7S2. The summed E-state index contributed by atoms with van der Waals surface area (Å²) in [7, 11) is -4.71. The monoisotopic (exact) mass is 544 g/mol.